The van der Waals surface area contributed by atoms with Crippen molar-refractivity contribution in [1.29, 1.82) is 0 Å². The predicted molar refractivity (Wildman–Crippen MR) is 77.1 cm³/mol. The summed E-state index contributed by atoms with van der Waals surface area (Å²) in [5.74, 6) is 0.0729. The maximum Gasteiger partial charge on any atom is 0.270 e. The van der Waals surface area contributed by atoms with Gasteiger partial charge in [0.15, 0.2) is 0 Å². The lowest BCUT2D eigenvalue weighted by Gasteiger charge is -2.25. The molecule has 0 aliphatic rings. The van der Waals surface area contributed by atoms with Crippen LogP contribution in [0.15, 0.2) is 41.0 Å². The minimum atomic E-state index is -0.212. The van der Waals surface area contributed by atoms with E-state index in [0.717, 1.165) is 10.0 Å². The van der Waals surface area contributed by atoms with Gasteiger partial charge in [-0.2, -0.15) is 0 Å². The van der Waals surface area contributed by atoms with Crippen molar-refractivity contribution in [2.45, 2.75) is 13.0 Å². The second kappa shape index (κ2) is 5.48. The van der Waals surface area contributed by atoms with Gasteiger partial charge in [-0.15, -0.1) is 0 Å². The molecule has 5 heteroatoms. The Morgan fingerprint density at radius 3 is 2.68 bits per heavy atom. The van der Waals surface area contributed by atoms with Gasteiger partial charge in [0.1, 0.15) is 11.4 Å². The highest BCUT2D eigenvalue weighted by Crippen LogP contribution is 2.28. The van der Waals surface area contributed by atoms with Gasteiger partial charge in [-0.1, -0.05) is 18.2 Å². The number of halogens is 1. The summed E-state index contributed by atoms with van der Waals surface area (Å²) in [7, 11) is 1.72. The summed E-state index contributed by atoms with van der Waals surface area (Å²) in [6.45, 7) is 1.88. The maximum atomic E-state index is 12.3. The Morgan fingerprint density at radius 2 is 2.11 bits per heavy atom. The van der Waals surface area contributed by atoms with Crippen molar-refractivity contribution in [3.63, 3.8) is 0 Å². The molecule has 1 heterocycles. The average Bonchev–Trinajstić information content (AvgIpc) is 2.83. The first-order chi connectivity index (χ1) is 9.00. The van der Waals surface area contributed by atoms with Crippen LogP contribution < -0.4 is 0 Å². The first kappa shape index (κ1) is 13.7. The summed E-state index contributed by atoms with van der Waals surface area (Å²) in [4.78, 5) is 16.8. The number of carbonyl (C=O) groups is 1. The number of aromatic amines is 1. The zero-order valence-electron chi connectivity index (χ0n) is 10.7. The fourth-order valence-electron chi connectivity index (χ4n) is 1.91. The molecule has 1 aromatic carbocycles. The van der Waals surface area contributed by atoms with Crippen molar-refractivity contribution in [2.24, 2.45) is 0 Å². The molecule has 0 fully saturated rings. The van der Waals surface area contributed by atoms with Gasteiger partial charge in [0.2, 0.25) is 0 Å². The molecule has 0 aliphatic carbocycles. The van der Waals surface area contributed by atoms with E-state index in [0.29, 0.717) is 5.69 Å². The van der Waals surface area contributed by atoms with Crippen LogP contribution in [0, 0.1) is 0 Å². The molecule has 100 valence electrons. The normalized spacial score (nSPS) is 12.2. The van der Waals surface area contributed by atoms with Gasteiger partial charge in [0, 0.05) is 23.3 Å². The lowest BCUT2D eigenvalue weighted by Crippen LogP contribution is -2.29. The third-order valence-corrected chi connectivity index (χ3v) is 3.62. The third kappa shape index (κ3) is 2.81. The van der Waals surface area contributed by atoms with Gasteiger partial charge in [-0.25, -0.2) is 0 Å². The average molecular weight is 323 g/mol. The van der Waals surface area contributed by atoms with Crippen LogP contribution in [-0.2, 0) is 0 Å². The van der Waals surface area contributed by atoms with Crippen molar-refractivity contribution < 1.29 is 9.90 Å². The Balaban J connectivity index is 2.22. The van der Waals surface area contributed by atoms with Gasteiger partial charge >= 0.3 is 0 Å². The maximum absolute atomic E-state index is 12.3. The largest absolute Gasteiger partial charge is 0.508 e. The minimum Gasteiger partial charge on any atom is -0.508 e. The monoisotopic (exact) mass is 322 g/mol. The highest BCUT2D eigenvalue weighted by Gasteiger charge is 2.21. The Bertz CT molecular complexity index is 595. The first-order valence-corrected chi connectivity index (χ1v) is 6.69. The Labute approximate surface area is 120 Å². The number of hydrogen-bond acceptors (Lipinski definition) is 2. The molecule has 1 aromatic heterocycles. The lowest BCUT2D eigenvalue weighted by atomic mass is 10.1. The van der Waals surface area contributed by atoms with Crippen LogP contribution in [0.1, 0.15) is 29.0 Å². The van der Waals surface area contributed by atoms with Crippen LogP contribution in [0.4, 0.5) is 0 Å². The molecule has 2 aromatic rings. The summed E-state index contributed by atoms with van der Waals surface area (Å²) in [6, 6.07) is 8.56. The number of carbonyl (C=O) groups excluding carboxylic acids is 1. The first-order valence-electron chi connectivity index (χ1n) is 5.89. The van der Waals surface area contributed by atoms with E-state index in [9.17, 15) is 9.90 Å². The summed E-state index contributed by atoms with van der Waals surface area (Å²) in [5.41, 5.74) is 1.24. The van der Waals surface area contributed by atoms with Crippen molar-refractivity contribution in [3.8, 4) is 5.75 Å². The number of para-hydroxylation sites is 1. The highest BCUT2D eigenvalue weighted by molar-refractivity contribution is 9.10. The van der Waals surface area contributed by atoms with Crippen LogP contribution in [-0.4, -0.2) is 27.9 Å². The van der Waals surface area contributed by atoms with Crippen molar-refractivity contribution in [1.82, 2.24) is 9.88 Å². The van der Waals surface area contributed by atoms with Crippen LogP contribution in [0.25, 0.3) is 0 Å². The molecule has 0 spiro atoms. The van der Waals surface area contributed by atoms with Gasteiger partial charge in [-0.05, 0) is 35.0 Å². The number of aromatic hydroxyl groups is 1. The van der Waals surface area contributed by atoms with E-state index >= 15 is 0 Å². The number of amides is 1. The number of aromatic nitrogens is 1. The SMILES string of the molecule is CC(c1ccccc1O)N(C)C(=O)c1cc(Br)c[nH]1. The third-order valence-electron chi connectivity index (χ3n) is 3.17. The second-order valence-electron chi connectivity index (χ2n) is 4.38. The Kier molecular flexibility index (Phi) is 3.95. The molecule has 0 saturated carbocycles. The molecular weight excluding hydrogens is 308 g/mol. The van der Waals surface area contributed by atoms with E-state index in [1.807, 2.05) is 19.1 Å². The molecule has 0 aliphatic heterocycles. The molecule has 0 radical (unpaired) electrons. The smallest absolute Gasteiger partial charge is 0.270 e. The number of hydrogen-bond donors (Lipinski definition) is 2. The molecule has 1 amide bonds. The molecule has 0 bridgehead atoms. The molecule has 4 nitrogen and oxygen atoms in total. The van der Waals surface area contributed by atoms with Crippen LogP contribution >= 0.6 is 15.9 Å². The minimum absolute atomic E-state index is 0.124. The van der Waals surface area contributed by atoms with E-state index < -0.39 is 0 Å². The number of phenols is 1. The highest BCUT2D eigenvalue weighted by atomic mass is 79.9. The predicted octanol–water partition coefficient (Wildman–Crippen LogP) is 3.32. The Morgan fingerprint density at radius 1 is 1.42 bits per heavy atom. The number of nitrogens with zero attached hydrogens (tertiary/aromatic N) is 1. The standard InChI is InChI=1S/C14H15BrN2O2/c1-9(11-5-3-4-6-13(11)18)17(2)14(19)12-7-10(15)8-16-12/h3-9,16,18H,1-2H3. The van der Waals surface area contributed by atoms with Crippen LogP contribution in [0.5, 0.6) is 5.75 Å². The van der Waals surface area contributed by atoms with Crippen LogP contribution in [0.3, 0.4) is 0 Å². The quantitative estimate of drug-likeness (QED) is 0.910. The molecule has 0 saturated heterocycles. The lowest BCUT2D eigenvalue weighted by molar-refractivity contribution is 0.0736. The summed E-state index contributed by atoms with van der Waals surface area (Å²) >= 11 is 3.30. The van der Waals surface area contributed by atoms with Gasteiger partial charge in [0.05, 0.1) is 6.04 Å². The Hall–Kier alpha value is -1.75. The number of nitrogens with one attached hydrogen (secondary N) is 1. The second-order valence-corrected chi connectivity index (χ2v) is 5.30. The van der Waals surface area contributed by atoms with Crippen molar-refractivity contribution in [2.75, 3.05) is 7.05 Å². The van der Waals surface area contributed by atoms with Gasteiger partial charge in [0.25, 0.3) is 5.91 Å². The summed E-state index contributed by atoms with van der Waals surface area (Å²) in [5, 5.41) is 9.83. The fraction of sp³-hybridized carbons (Fsp3) is 0.214. The molecule has 1 atom stereocenters. The van der Waals surface area contributed by atoms with Gasteiger partial charge in [-0.3, -0.25) is 4.79 Å². The number of phenolic OH excluding ortho intramolecular Hbond substituents is 1. The van der Waals surface area contributed by atoms with Crippen LogP contribution in [0.2, 0.25) is 0 Å². The topological polar surface area (TPSA) is 56.3 Å². The molecule has 2 rings (SSSR count). The number of rotatable bonds is 3. The van der Waals surface area contributed by atoms with Crippen molar-refractivity contribution in [3.05, 3.63) is 52.3 Å². The zero-order chi connectivity index (χ0) is 14.0. The molecular formula is C14H15BrN2O2. The van der Waals surface area contributed by atoms with Gasteiger partial charge < -0.3 is 15.0 Å². The fourth-order valence-corrected chi connectivity index (χ4v) is 2.25. The summed E-state index contributed by atoms with van der Waals surface area (Å²) < 4.78 is 0.833. The number of benzene rings is 1. The van der Waals surface area contributed by atoms with E-state index in [-0.39, 0.29) is 17.7 Å². The molecule has 19 heavy (non-hydrogen) atoms. The molecule has 1 unspecified atom stereocenters. The number of H-pyrrole nitrogens is 1. The van der Waals surface area contributed by atoms with E-state index in [1.165, 1.54) is 0 Å². The summed E-state index contributed by atoms with van der Waals surface area (Å²) in [6.07, 6.45) is 1.71. The zero-order valence-corrected chi connectivity index (χ0v) is 12.3. The molecule has 2 N–H and O–H groups in total. The van der Waals surface area contributed by atoms with E-state index in [4.69, 9.17) is 0 Å². The van der Waals surface area contributed by atoms with E-state index in [1.54, 1.807) is 36.3 Å². The van der Waals surface area contributed by atoms with E-state index in [2.05, 4.69) is 20.9 Å². The van der Waals surface area contributed by atoms with Crippen molar-refractivity contribution >= 4 is 21.8 Å².